The topological polar surface area (TPSA) is 118 Å². The number of aromatic nitrogens is 5. The lowest BCUT2D eigenvalue weighted by Crippen LogP contribution is -2.53. The van der Waals surface area contributed by atoms with Gasteiger partial charge in [-0.15, -0.1) is 0 Å². The van der Waals surface area contributed by atoms with Crippen molar-refractivity contribution < 1.29 is 14.4 Å². The molecule has 2 atom stereocenters. The highest BCUT2D eigenvalue weighted by atomic mass is 16.2. The Hall–Kier alpha value is -4.02. The van der Waals surface area contributed by atoms with Crippen molar-refractivity contribution in [1.82, 2.24) is 39.4 Å². The van der Waals surface area contributed by atoms with Crippen LogP contribution in [0, 0.1) is 6.92 Å². The van der Waals surface area contributed by atoms with Crippen molar-refractivity contribution in [3.63, 3.8) is 0 Å². The summed E-state index contributed by atoms with van der Waals surface area (Å²) in [6.45, 7) is 6.38. The molecule has 224 valence electrons. The smallest absolute Gasteiger partial charge is 0.243 e. The number of aryl methyl sites for hydroxylation is 3. The quantitative estimate of drug-likeness (QED) is 0.484. The summed E-state index contributed by atoms with van der Waals surface area (Å²) >= 11 is 0. The van der Waals surface area contributed by atoms with Gasteiger partial charge >= 0.3 is 0 Å². The first-order chi connectivity index (χ1) is 20.4. The molecule has 0 aliphatic carbocycles. The third kappa shape index (κ3) is 7.06. The average Bonchev–Trinajstić information content (AvgIpc) is 3.62. The summed E-state index contributed by atoms with van der Waals surface area (Å²) in [5.74, 6) is 2.10. The zero-order chi connectivity index (χ0) is 29.5. The molecule has 0 bridgehead atoms. The molecular formula is C31H42N8O3. The van der Waals surface area contributed by atoms with Crippen molar-refractivity contribution in [2.45, 2.75) is 90.4 Å². The Kier molecular flexibility index (Phi) is 9.66. The van der Waals surface area contributed by atoms with Crippen LogP contribution in [0.1, 0.15) is 74.5 Å². The molecule has 1 aromatic carbocycles. The number of rotatable bonds is 6. The fourth-order valence-electron chi connectivity index (χ4n) is 6.09. The molecule has 3 aromatic rings. The van der Waals surface area contributed by atoms with E-state index in [0.29, 0.717) is 76.5 Å². The summed E-state index contributed by atoms with van der Waals surface area (Å²) in [4.78, 5) is 53.3. The van der Waals surface area contributed by atoms with Gasteiger partial charge in [-0.2, -0.15) is 5.10 Å². The first-order valence-corrected chi connectivity index (χ1v) is 15.3. The van der Waals surface area contributed by atoms with Crippen molar-refractivity contribution in [2.24, 2.45) is 0 Å². The summed E-state index contributed by atoms with van der Waals surface area (Å²) in [6.07, 6.45) is 8.64. The number of nitrogens with one attached hydrogen (secondary N) is 1. The van der Waals surface area contributed by atoms with Gasteiger partial charge in [0.1, 0.15) is 23.5 Å². The van der Waals surface area contributed by atoms with E-state index in [1.165, 1.54) is 0 Å². The van der Waals surface area contributed by atoms with E-state index >= 15 is 0 Å². The Morgan fingerprint density at radius 1 is 1.05 bits per heavy atom. The number of benzene rings is 1. The van der Waals surface area contributed by atoms with Crippen molar-refractivity contribution >= 4 is 17.7 Å². The Morgan fingerprint density at radius 2 is 1.88 bits per heavy atom. The normalized spacial score (nSPS) is 20.4. The predicted molar refractivity (Wildman–Crippen MR) is 157 cm³/mol. The fourth-order valence-corrected chi connectivity index (χ4v) is 6.09. The number of carbonyl (C=O) groups excluding carboxylic acids is 3. The minimum Gasteiger partial charge on any atom is -0.344 e. The molecule has 1 N–H and O–H groups in total. The van der Waals surface area contributed by atoms with Crippen molar-refractivity contribution in [1.29, 1.82) is 0 Å². The molecule has 0 spiro atoms. The van der Waals surface area contributed by atoms with Gasteiger partial charge in [0.25, 0.3) is 0 Å². The zero-order valence-electron chi connectivity index (χ0n) is 24.7. The largest absolute Gasteiger partial charge is 0.344 e. The van der Waals surface area contributed by atoms with Gasteiger partial charge in [0.2, 0.25) is 17.7 Å². The number of hydrogen-bond donors (Lipinski definition) is 1. The average molecular weight is 575 g/mol. The molecule has 11 nitrogen and oxygen atoms in total. The summed E-state index contributed by atoms with van der Waals surface area (Å²) in [7, 11) is 0. The summed E-state index contributed by atoms with van der Waals surface area (Å²) in [5.41, 5.74) is 1.07. The highest BCUT2D eigenvalue weighted by Gasteiger charge is 2.34. The Labute approximate surface area is 247 Å². The molecule has 2 aliphatic rings. The number of hydrogen-bond acceptors (Lipinski definition) is 6. The van der Waals surface area contributed by atoms with E-state index in [1.54, 1.807) is 11.1 Å². The molecule has 1 fully saturated rings. The maximum Gasteiger partial charge on any atom is 0.243 e. The lowest BCUT2D eigenvalue weighted by atomic mass is 9.99. The predicted octanol–water partition coefficient (Wildman–Crippen LogP) is 2.84. The van der Waals surface area contributed by atoms with Crippen LogP contribution >= 0.6 is 0 Å². The Balaban J connectivity index is 1.42. The van der Waals surface area contributed by atoms with Crippen LogP contribution in [0.2, 0.25) is 0 Å². The fraction of sp³-hybridized carbons (Fsp3) is 0.548. The SMILES string of the molecule is CCc1nccn1CCC(=O)N1CCCC(=O)N2CCCC[C@H]2C(=O)N[C@H](Cc2ccccc2)c2nc(C)nn2CC1. The van der Waals surface area contributed by atoms with E-state index in [4.69, 9.17) is 4.98 Å². The number of amides is 3. The summed E-state index contributed by atoms with van der Waals surface area (Å²) < 4.78 is 3.86. The van der Waals surface area contributed by atoms with Gasteiger partial charge in [-0.3, -0.25) is 14.4 Å². The molecule has 3 amide bonds. The third-order valence-electron chi connectivity index (χ3n) is 8.28. The van der Waals surface area contributed by atoms with Crippen LogP contribution in [0.15, 0.2) is 42.7 Å². The lowest BCUT2D eigenvalue weighted by molar-refractivity contribution is -0.143. The highest BCUT2D eigenvalue weighted by Crippen LogP contribution is 2.23. The highest BCUT2D eigenvalue weighted by molar-refractivity contribution is 5.88. The molecule has 42 heavy (non-hydrogen) atoms. The van der Waals surface area contributed by atoms with E-state index in [1.807, 2.05) is 57.6 Å². The minimum atomic E-state index is -0.509. The Morgan fingerprint density at radius 3 is 2.69 bits per heavy atom. The van der Waals surface area contributed by atoms with Gasteiger partial charge < -0.3 is 19.7 Å². The molecule has 1 saturated heterocycles. The number of imidazole rings is 1. The molecule has 0 radical (unpaired) electrons. The van der Waals surface area contributed by atoms with E-state index < -0.39 is 12.1 Å². The number of fused-ring (bicyclic) bond motifs is 2. The molecule has 0 unspecified atom stereocenters. The number of piperidine rings is 1. The second kappa shape index (κ2) is 13.8. The first-order valence-electron chi connectivity index (χ1n) is 15.3. The summed E-state index contributed by atoms with van der Waals surface area (Å²) in [5, 5.41) is 7.92. The molecule has 2 aliphatic heterocycles. The van der Waals surface area contributed by atoms with Crippen molar-refractivity contribution in [2.75, 3.05) is 19.6 Å². The third-order valence-corrected chi connectivity index (χ3v) is 8.28. The maximum absolute atomic E-state index is 13.7. The molecular weight excluding hydrogens is 532 g/mol. The molecule has 0 saturated carbocycles. The van der Waals surface area contributed by atoms with Crippen LogP contribution in [0.3, 0.4) is 0 Å². The first kappa shape index (κ1) is 29.5. The maximum atomic E-state index is 13.7. The van der Waals surface area contributed by atoms with Crippen LogP contribution in [0.25, 0.3) is 0 Å². The van der Waals surface area contributed by atoms with Gasteiger partial charge in [0, 0.05) is 57.8 Å². The van der Waals surface area contributed by atoms with E-state index in [2.05, 4.69) is 22.3 Å². The Bertz CT molecular complexity index is 1370. The van der Waals surface area contributed by atoms with E-state index in [0.717, 1.165) is 30.7 Å². The van der Waals surface area contributed by atoms with Gasteiger partial charge in [-0.25, -0.2) is 14.6 Å². The van der Waals surface area contributed by atoms with E-state index in [-0.39, 0.29) is 17.7 Å². The zero-order valence-corrected chi connectivity index (χ0v) is 24.7. The molecule has 4 heterocycles. The minimum absolute atomic E-state index is 0.0241. The summed E-state index contributed by atoms with van der Waals surface area (Å²) in [6, 6.07) is 9.06. The molecule has 2 aromatic heterocycles. The van der Waals surface area contributed by atoms with Gasteiger partial charge in [0.05, 0.1) is 12.6 Å². The second-order valence-corrected chi connectivity index (χ2v) is 11.2. The van der Waals surface area contributed by atoms with Crippen LogP contribution in [-0.4, -0.2) is 77.5 Å². The standard InChI is InChI=1S/C31H42N8O3/c1-3-27-32-15-19-36(27)18-14-28(40)37-16-9-13-29(41)38-17-8-7-12-26(38)31(42)34-25(22-24-10-5-4-6-11-24)30-33-23(2)35-39(30)21-20-37/h4-6,10-11,15,19,25-26H,3,7-9,12-14,16-18,20-22H2,1-2H3,(H,34,42)/t25-,26+/m1/s1. The van der Waals surface area contributed by atoms with Crippen LogP contribution < -0.4 is 5.32 Å². The van der Waals surface area contributed by atoms with Gasteiger partial charge in [0.15, 0.2) is 0 Å². The van der Waals surface area contributed by atoms with Gasteiger partial charge in [-0.05, 0) is 44.6 Å². The van der Waals surface area contributed by atoms with Crippen LogP contribution in [0.5, 0.6) is 0 Å². The number of nitrogens with zero attached hydrogens (tertiary/aromatic N) is 7. The monoisotopic (exact) mass is 574 g/mol. The van der Waals surface area contributed by atoms with Crippen molar-refractivity contribution in [3.8, 4) is 0 Å². The molecule has 11 heteroatoms. The van der Waals surface area contributed by atoms with Crippen LogP contribution in [0.4, 0.5) is 0 Å². The van der Waals surface area contributed by atoms with E-state index in [9.17, 15) is 14.4 Å². The number of carbonyl (C=O) groups is 3. The second-order valence-electron chi connectivity index (χ2n) is 11.2. The lowest BCUT2D eigenvalue weighted by Gasteiger charge is -2.36. The molecule has 5 rings (SSSR count). The van der Waals surface area contributed by atoms with Crippen molar-refractivity contribution in [3.05, 3.63) is 65.8 Å². The van der Waals surface area contributed by atoms with Crippen LogP contribution in [-0.2, 0) is 40.3 Å². The van der Waals surface area contributed by atoms with Gasteiger partial charge in [-0.1, -0.05) is 37.3 Å².